The Labute approximate surface area is 176 Å². The number of carbonyl (C=O) groups is 3. The van der Waals surface area contributed by atoms with Gasteiger partial charge in [-0.3, -0.25) is 9.59 Å². The Kier molecular flexibility index (Phi) is 7.77. The summed E-state index contributed by atoms with van der Waals surface area (Å²) in [6.07, 6.45) is 0.895. The molecular weight excluding hydrogens is 446 g/mol. The van der Waals surface area contributed by atoms with Gasteiger partial charge in [-0.1, -0.05) is 13.0 Å². The molecule has 0 spiro atoms. The number of amides is 1. The van der Waals surface area contributed by atoms with Gasteiger partial charge in [-0.2, -0.15) is 0 Å². The van der Waals surface area contributed by atoms with Crippen molar-refractivity contribution < 1.29 is 23.9 Å². The predicted molar refractivity (Wildman–Crippen MR) is 113 cm³/mol. The first-order valence-corrected chi connectivity index (χ1v) is 10.4. The number of rotatable bonds is 8. The van der Waals surface area contributed by atoms with Crippen LogP contribution >= 0.6 is 27.3 Å². The highest BCUT2D eigenvalue weighted by Crippen LogP contribution is 2.34. The number of nitrogens with one attached hydrogen (secondary N) is 1. The van der Waals surface area contributed by atoms with Crippen LogP contribution < -0.4 is 10.1 Å². The predicted octanol–water partition coefficient (Wildman–Crippen LogP) is 4.78. The summed E-state index contributed by atoms with van der Waals surface area (Å²) in [7, 11) is 0. The van der Waals surface area contributed by atoms with E-state index in [1.165, 1.54) is 6.92 Å². The summed E-state index contributed by atoms with van der Waals surface area (Å²) in [6.45, 7) is 6.78. The van der Waals surface area contributed by atoms with Crippen LogP contribution in [0.1, 0.15) is 51.9 Å². The third kappa shape index (κ3) is 5.20. The molecule has 1 N–H and O–H groups in total. The topological polar surface area (TPSA) is 81.7 Å². The lowest BCUT2D eigenvalue weighted by molar-refractivity contribution is -0.118. The summed E-state index contributed by atoms with van der Waals surface area (Å²) in [6, 6.07) is 5.66. The fourth-order valence-corrected chi connectivity index (χ4v) is 4.22. The third-order valence-electron chi connectivity index (χ3n) is 3.96. The van der Waals surface area contributed by atoms with Crippen molar-refractivity contribution in [2.75, 3.05) is 18.5 Å². The average Bonchev–Trinajstić information content (AvgIpc) is 2.97. The molecule has 6 nitrogen and oxygen atoms in total. The van der Waals surface area contributed by atoms with Crippen LogP contribution in [0.25, 0.3) is 0 Å². The van der Waals surface area contributed by atoms with Gasteiger partial charge in [-0.15, -0.1) is 11.3 Å². The Morgan fingerprint density at radius 3 is 2.50 bits per heavy atom. The second-order valence-electron chi connectivity index (χ2n) is 5.99. The lowest BCUT2D eigenvalue weighted by atomic mass is 10.1. The Balaban J connectivity index is 2.15. The molecule has 1 amide bonds. The number of hydrogen-bond acceptors (Lipinski definition) is 6. The Hall–Kier alpha value is -2.19. The van der Waals surface area contributed by atoms with E-state index in [9.17, 15) is 14.4 Å². The molecule has 0 saturated heterocycles. The van der Waals surface area contributed by atoms with Crippen LogP contribution in [0.4, 0.5) is 5.00 Å². The molecule has 0 fully saturated rings. The van der Waals surface area contributed by atoms with E-state index in [1.54, 1.807) is 19.9 Å². The number of hydrogen-bond donors (Lipinski definition) is 1. The van der Waals surface area contributed by atoms with Crippen LogP contribution in [0.2, 0.25) is 0 Å². The lowest BCUT2D eigenvalue weighted by Crippen LogP contribution is -2.21. The standard InChI is InChI=1S/C20H22BrNO5S/c1-5-13-7-8-15(14(21)9-13)27-10-16(24)22-19-17(20(25)26-6-2)11(3)18(28-19)12(4)23/h7-9H,5-6,10H2,1-4H3,(H,22,24). The summed E-state index contributed by atoms with van der Waals surface area (Å²) in [5.41, 5.74) is 1.86. The van der Waals surface area contributed by atoms with E-state index in [0.29, 0.717) is 16.2 Å². The lowest BCUT2D eigenvalue weighted by Gasteiger charge is -2.10. The van der Waals surface area contributed by atoms with Gasteiger partial charge in [0.15, 0.2) is 12.4 Å². The van der Waals surface area contributed by atoms with Crippen molar-refractivity contribution >= 4 is 49.9 Å². The van der Waals surface area contributed by atoms with Gasteiger partial charge < -0.3 is 14.8 Å². The second-order valence-corrected chi connectivity index (χ2v) is 7.87. The number of benzene rings is 1. The highest BCUT2D eigenvalue weighted by atomic mass is 79.9. The van der Waals surface area contributed by atoms with Crippen molar-refractivity contribution in [3.05, 3.63) is 44.2 Å². The maximum Gasteiger partial charge on any atom is 0.341 e. The van der Waals surface area contributed by atoms with Crippen LogP contribution in [0, 0.1) is 6.92 Å². The highest BCUT2D eigenvalue weighted by molar-refractivity contribution is 9.10. The molecule has 2 rings (SSSR count). The summed E-state index contributed by atoms with van der Waals surface area (Å²) in [5.74, 6) is -0.638. The molecule has 1 aromatic carbocycles. The zero-order valence-electron chi connectivity index (χ0n) is 16.2. The summed E-state index contributed by atoms with van der Waals surface area (Å²) in [5, 5.41) is 2.95. The van der Waals surface area contributed by atoms with E-state index in [4.69, 9.17) is 9.47 Å². The van der Waals surface area contributed by atoms with Gasteiger partial charge >= 0.3 is 5.97 Å². The molecule has 0 atom stereocenters. The molecule has 0 aliphatic heterocycles. The zero-order valence-corrected chi connectivity index (χ0v) is 18.6. The van der Waals surface area contributed by atoms with Crippen LogP contribution in [0.5, 0.6) is 5.75 Å². The van der Waals surface area contributed by atoms with Gasteiger partial charge in [-0.25, -0.2) is 4.79 Å². The zero-order chi connectivity index (χ0) is 20.8. The van der Waals surface area contributed by atoms with Gasteiger partial charge in [0.2, 0.25) is 0 Å². The van der Waals surface area contributed by atoms with Gasteiger partial charge in [0.05, 0.1) is 21.5 Å². The first-order chi connectivity index (χ1) is 13.3. The number of esters is 1. The van der Waals surface area contributed by atoms with Crippen LogP contribution in [-0.4, -0.2) is 30.9 Å². The first kappa shape index (κ1) is 22.1. The van der Waals surface area contributed by atoms with E-state index >= 15 is 0 Å². The molecule has 28 heavy (non-hydrogen) atoms. The fourth-order valence-electron chi connectivity index (χ4n) is 2.57. The van der Waals surface area contributed by atoms with Gasteiger partial charge in [0.25, 0.3) is 5.91 Å². The summed E-state index contributed by atoms with van der Waals surface area (Å²) < 4.78 is 11.4. The van der Waals surface area contributed by atoms with Crippen molar-refractivity contribution in [2.24, 2.45) is 0 Å². The second kappa shape index (κ2) is 9.84. The van der Waals surface area contributed by atoms with Crippen LogP contribution in [0.3, 0.4) is 0 Å². The van der Waals surface area contributed by atoms with E-state index < -0.39 is 11.9 Å². The monoisotopic (exact) mass is 467 g/mol. The SMILES string of the molecule is CCOC(=O)c1c(NC(=O)COc2ccc(CC)cc2Br)sc(C(C)=O)c1C. The quantitative estimate of drug-likeness (QED) is 0.446. The minimum absolute atomic E-state index is 0.176. The summed E-state index contributed by atoms with van der Waals surface area (Å²) >= 11 is 4.49. The normalized spacial score (nSPS) is 10.5. The van der Waals surface area contributed by atoms with E-state index in [0.717, 1.165) is 27.8 Å². The molecule has 150 valence electrons. The molecule has 2 aromatic rings. The number of carbonyl (C=O) groups excluding carboxylic acids is 3. The Morgan fingerprint density at radius 2 is 1.93 bits per heavy atom. The molecule has 0 bridgehead atoms. The van der Waals surface area contributed by atoms with Gasteiger partial charge in [0, 0.05) is 0 Å². The fraction of sp³-hybridized carbons (Fsp3) is 0.350. The minimum atomic E-state index is -0.571. The van der Waals surface area contributed by atoms with E-state index in [1.807, 2.05) is 12.1 Å². The third-order valence-corrected chi connectivity index (χ3v) is 5.89. The molecule has 0 aliphatic carbocycles. The number of Topliss-reactive ketones (excluding diaryl/α,β-unsaturated/α-hetero) is 1. The van der Waals surface area contributed by atoms with E-state index in [2.05, 4.69) is 28.2 Å². The average molecular weight is 468 g/mol. The van der Waals surface area contributed by atoms with Crippen molar-refractivity contribution in [3.8, 4) is 5.75 Å². The number of anilines is 1. The maximum absolute atomic E-state index is 12.4. The van der Waals surface area contributed by atoms with Gasteiger partial charge in [0.1, 0.15) is 10.8 Å². The number of thiophene rings is 1. The Bertz CT molecular complexity index is 906. The maximum atomic E-state index is 12.4. The highest BCUT2D eigenvalue weighted by Gasteiger charge is 2.25. The molecule has 1 heterocycles. The van der Waals surface area contributed by atoms with E-state index in [-0.39, 0.29) is 29.6 Å². The molecule has 8 heteroatoms. The Morgan fingerprint density at radius 1 is 1.21 bits per heavy atom. The molecule has 1 aromatic heterocycles. The smallest absolute Gasteiger partial charge is 0.341 e. The van der Waals surface area contributed by atoms with Crippen molar-refractivity contribution in [3.63, 3.8) is 0 Å². The van der Waals surface area contributed by atoms with Crippen molar-refractivity contribution in [2.45, 2.75) is 34.1 Å². The number of aryl methyl sites for hydroxylation is 1. The number of ether oxygens (including phenoxy) is 2. The largest absolute Gasteiger partial charge is 0.483 e. The van der Waals surface area contributed by atoms with Gasteiger partial charge in [-0.05, 0) is 66.4 Å². The van der Waals surface area contributed by atoms with Crippen molar-refractivity contribution in [1.29, 1.82) is 0 Å². The molecule has 0 unspecified atom stereocenters. The minimum Gasteiger partial charge on any atom is -0.483 e. The number of halogens is 1. The summed E-state index contributed by atoms with van der Waals surface area (Å²) in [4.78, 5) is 36.9. The van der Waals surface area contributed by atoms with Crippen molar-refractivity contribution in [1.82, 2.24) is 0 Å². The molecular formula is C20H22BrNO5S. The molecule has 0 aliphatic rings. The van der Waals surface area contributed by atoms with Crippen LogP contribution in [-0.2, 0) is 16.0 Å². The molecule has 0 radical (unpaired) electrons. The number of ketones is 1. The molecule has 0 saturated carbocycles. The first-order valence-electron chi connectivity index (χ1n) is 8.80. The van der Waals surface area contributed by atoms with Crippen LogP contribution in [0.15, 0.2) is 22.7 Å².